The van der Waals surface area contributed by atoms with Crippen molar-refractivity contribution in [2.45, 2.75) is 44.8 Å². The van der Waals surface area contributed by atoms with Crippen molar-refractivity contribution in [1.29, 1.82) is 5.26 Å². The molecule has 2 fully saturated rings. The Morgan fingerprint density at radius 3 is 2.61 bits per heavy atom. The first kappa shape index (κ1) is 34.4. The molecular formula is C34H34ClF4N7O3. The van der Waals surface area contributed by atoms with Crippen molar-refractivity contribution >= 4 is 45.2 Å². The van der Waals surface area contributed by atoms with E-state index >= 15 is 4.39 Å². The van der Waals surface area contributed by atoms with Crippen LogP contribution in [0.4, 0.5) is 28.2 Å². The van der Waals surface area contributed by atoms with E-state index in [2.05, 4.69) is 21.0 Å². The zero-order valence-electron chi connectivity index (χ0n) is 27.3. The highest BCUT2D eigenvalue weighted by atomic mass is 35.5. The van der Waals surface area contributed by atoms with Crippen LogP contribution in [0.3, 0.4) is 0 Å². The molecule has 2 saturated heterocycles. The number of aromatic nitrogens is 3. The number of carbonyl (C=O) groups is 1. The molecule has 1 amide bonds. The number of alkyl halides is 2. The number of benzene rings is 2. The van der Waals surface area contributed by atoms with Crippen LogP contribution < -0.4 is 9.64 Å². The van der Waals surface area contributed by atoms with Crippen molar-refractivity contribution in [1.82, 2.24) is 24.8 Å². The molecule has 0 bridgehead atoms. The van der Waals surface area contributed by atoms with Crippen LogP contribution in [0.5, 0.6) is 6.01 Å². The van der Waals surface area contributed by atoms with E-state index in [0.29, 0.717) is 5.39 Å². The Morgan fingerprint density at radius 1 is 1.14 bits per heavy atom. The zero-order chi connectivity index (χ0) is 35.2. The topological polar surface area (TPSA) is 108 Å². The summed E-state index contributed by atoms with van der Waals surface area (Å²) >= 11 is 6.35. The summed E-state index contributed by atoms with van der Waals surface area (Å²) in [5.74, 6) is -5.55. The zero-order valence-corrected chi connectivity index (χ0v) is 28.1. The van der Waals surface area contributed by atoms with Crippen LogP contribution in [0.2, 0.25) is 5.02 Å². The second-order valence-corrected chi connectivity index (χ2v) is 13.8. The predicted octanol–water partition coefficient (Wildman–Crippen LogP) is 6.69. The van der Waals surface area contributed by atoms with Gasteiger partial charge in [0.15, 0.2) is 5.82 Å². The molecule has 1 unspecified atom stereocenters. The second-order valence-electron chi connectivity index (χ2n) is 13.4. The number of carbonyl (C=O) groups excluding carboxylic acids is 1. The van der Waals surface area contributed by atoms with Crippen LogP contribution in [-0.4, -0.2) is 94.8 Å². The van der Waals surface area contributed by atoms with Gasteiger partial charge in [-0.15, -0.1) is 0 Å². The average molecular weight is 700 g/mol. The van der Waals surface area contributed by atoms with Crippen LogP contribution in [-0.2, 0) is 4.74 Å². The third-order valence-corrected chi connectivity index (χ3v) is 8.96. The van der Waals surface area contributed by atoms with Gasteiger partial charge in [-0.05, 0) is 39.3 Å². The third-order valence-electron chi connectivity index (χ3n) is 8.59. The van der Waals surface area contributed by atoms with Gasteiger partial charge in [0.1, 0.15) is 35.1 Å². The molecule has 6 rings (SSSR count). The Labute approximate surface area is 285 Å². The smallest absolute Gasteiger partial charge is 0.410 e. The third kappa shape index (κ3) is 6.87. The molecule has 0 saturated carbocycles. The fraction of sp³-hybridized carbons (Fsp3) is 0.441. The largest absolute Gasteiger partial charge is 0.463 e. The van der Waals surface area contributed by atoms with Gasteiger partial charge in [-0.25, -0.2) is 22.4 Å². The number of halogens is 5. The number of piperazine rings is 1. The molecule has 10 nitrogen and oxygen atoms in total. The van der Waals surface area contributed by atoms with Gasteiger partial charge in [0.2, 0.25) is 0 Å². The first-order chi connectivity index (χ1) is 23.2. The molecule has 15 heteroatoms. The van der Waals surface area contributed by atoms with E-state index < -0.39 is 54.4 Å². The van der Waals surface area contributed by atoms with E-state index in [0.717, 1.165) is 0 Å². The van der Waals surface area contributed by atoms with Gasteiger partial charge in [-0.1, -0.05) is 35.9 Å². The highest BCUT2D eigenvalue weighted by Crippen LogP contribution is 2.39. The van der Waals surface area contributed by atoms with Crippen LogP contribution in [0.15, 0.2) is 36.5 Å². The van der Waals surface area contributed by atoms with Crippen LogP contribution in [0.25, 0.3) is 32.9 Å². The molecule has 2 atom stereocenters. The number of hydrogen-bond acceptors (Lipinski definition) is 9. The molecule has 2 aliphatic heterocycles. The van der Waals surface area contributed by atoms with E-state index in [-0.39, 0.29) is 77.0 Å². The van der Waals surface area contributed by atoms with Crippen molar-refractivity contribution < 1.29 is 31.8 Å². The maximum absolute atomic E-state index is 16.7. The Bertz CT molecular complexity index is 1970. The van der Waals surface area contributed by atoms with Crippen molar-refractivity contribution in [2.24, 2.45) is 5.92 Å². The van der Waals surface area contributed by atoms with Gasteiger partial charge in [0.25, 0.3) is 5.92 Å². The van der Waals surface area contributed by atoms with Crippen molar-refractivity contribution in [3.63, 3.8) is 0 Å². The van der Waals surface area contributed by atoms with Gasteiger partial charge >= 0.3 is 12.1 Å². The van der Waals surface area contributed by atoms with E-state index in [1.165, 1.54) is 28.1 Å². The number of pyridine rings is 1. The van der Waals surface area contributed by atoms with Crippen molar-refractivity contribution in [2.75, 3.05) is 51.3 Å². The number of ether oxygens (including phenoxy) is 2. The first-order valence-electron chi connectivity index (χ1n) is 15.7. The molecule has 2 aliphatic rings. The Kier molecular flexibility index (Phi) is 9.19. The van der Waals surface area contributed by atoms with E-state index in [9.17, 15) is 23.2 Å². The van der Waals surface area contributed by atoms with Crippen molar-refractivity contribution in [3.8, 4) is 23.3 Å². The molecule has 0 aliphatic carbocycles. The summed E-state index contributed by atoms with van der Waals surface area (Å²) in [5.41, 5.74) is -0.914. The Morgan fingerprint density at radius 2 is 1.92 bits per heavy atom. The monoisotopic (exact) mass is 699 g/mol. The average Bonchev–Trinajstić information content (AvgIpc) is 3.31. The first-order valence-corrected chi connectivity index (χ1v) is 16.1. The molecular weight excluding hydrogens is 666 g/mol. The minimum Gasteiger partial charge on any atom is -0.463 e. The van der Waals surface area contributed by atoms with Crippen molar-refractivity contribution in [3.05, 3.63) is 53.2 Å². The quantitative estimate of drug-likeness (QED) is 0.204. The molecule has 0 spiro atoms. The highest BCUT2D eigenvalue weighted by molar-refractivity contribution is 6.36. The molecule has 4 heterocycles. The van der Waals surface area contributed by atoms with E-state index in [1.54, 1.807) is 50.9 Å². The van der Waals surface area contributed by atoms with E-state index in [4.69, 9.17) is 21.1 Å². The summed E-state index contributed by atoms with van der Waals surface area (Å²) in [6.45, 7) is 4.93. The van der Waals surface area contributed by atoms with Gasteiger partial charge < -0.3 is 19.3 Å². The Hall–Kier alpha value is -4.48. The van der Waals surface area contributed by atoms with E-state index in [1.807, 2.05) is 0 Å². The number of nitrogens with zero attached hydrogens (tertiary/aromatic N) is 7. The van der Waals surface area contributed by atoms with Gasteiger partial charge in [0.05, 0.1) is 41.4 Å². The van der Waals surface area contributed by atoms with Gasteiger partial charge in [-0.2, -0.15) is 15.2 Å². The predicted molar refractivity (Wildman–Crippen MR) is 176 cm³/mol. The standard InChI is InChI=1S/C34H34ClF4N7O3/c1-33(2,3)49-32(47)46-13-12-45(16-21(46)10-11-40)30-23-14-41-28(22-7-5-6-19-8-9-24(36)26(35)25(19)22)27(37)29(23)42-31(43-30)48-17-20-15-44(4)18-34(20,38)39/h5-9,14,20-21H,10,12-13,15-18H2,1-4H3/t20?,21-/m0/s1. The number of fused-ring (bicyclic) bond motifs is 2. The minimum absolute atomic E-state index is 0.0262. The number of hydrogen-bond donors (Lipinski definition) is 0. The van der Waals surface area contributed by atoms with Crippen LogP contribution in [0.1, 0.15) is 27.2 Å². The molecule has 2 aromatic carbocycles. The summed E-state index contributed by atoms with van der Waals surface area (Å²) in [5, 5.41) is 10.4. The number of likely N-dealkylation sites (tertiary alicyclic amines) is 1. The number of amides is 1. The summed E-state index contributed by atoms with van der Waals surface area (Å²) in [4.78, 5) is 31.0. The minimum atomic E-state index is -3.01. The molecule has 0 N–H and O–H groups in total. The molecule has 2 aromatic heterocycles. The fourth-order valence-corrected chi connectivity index (χ4v) is 6.60. The van der Waals surface area contributed by atoms with Gasteiger partial charge in [0, 0.05) is 43.3 Å². The second kappa shape index (κ2) is 13.1. The lowest BCUT2D eigenvalue weighted by Gasteiger charge is -2.41. The highest BCUT2D eigenvalue weighted by Gasteiger charge is 2.47. The summed E-state index contributed by atoms with van der Waals surface area (Å²) in [6.07, 6.45) is 0.772. The molecule has 0 radical (unpaired) electrons. The Balaban J connectivity index is 1.44. The summed E-state index contributed by atoms with van der Waals surface area (Å²) in [7, 11) is 1.59. The molecule has 258 valence electrons. The number of rotatable bonds is 6. The lowest BCUT2D eigenvalue weighted by atomic mass is 10.0. The maximum atomic E-state index is 16.7. The SMILES string of the molecule is CN1CC(COc2nc(N3CCN(C(=O)OC(C)(C)C)[C@@H](CC#N)C3)c3cnc(-c4cccc5ccc(F)c(Cl)c45)c(F)c3n2)C(F)(F)C1. The number of anilines is 1. The molecule has 4 aromatic rings. The van der Waals surface area contributed by atoms with Crippen LogP contribution >= 0.6 is 11.6 Å². The number of nitriles is 1. The van der Waals surface area contributed by atoms with Crippen LogP contribution in [0, 0.1) is 28.9 Å². The summed E-state index contributed by atoms with van der Waals surface area (Å²) in [6, 6.07) is 8.83. The lowest BCUT2D eigenvalue weighted by molar-refractivity contribution is -0.0400. The lowest BCUT2D eigenvalue weighted by Crippen LogP contribution is -2.56. The molecule has 49 heavy (non-hydrogen) atoms. The normalized spacial score (nSPS) is 19.8. The maximum Gasteiger partial charge on any atom is 0.410 e. The van der Waals surface area contributed by atoms with Gasteiger partial charge in [-0.3, -0.25) is 9.88 Å². The fourth-order valence-electron chi connectivity index (χ4n) is 6.32. The summed E-state index contributed by atoms with van der Waals surface area (Å²) < 4.78 is 71.9.